The van der Waals surface area contributed by atoms with E-state index in [9.17, 15) is 18.0 Å². The summed E-state index contributed by atoms with van der Waals surface area (Å²) in [5, 5.41) is 0. The van der Waals surface area contributed by atoms with E-state index in [2.05, 4.69) is 0 Å². The molecular formula is C11H13F3N2O. The van der Waals surface area contributed by atoms with E-state index in [-0.39, 0.29) is 6.54 Å². The van der Waals surface area contributed by atoms with Crippen LogP contribution in [0, 0.1) is 17.5 Å². The largest absolute Gasteiger partial charge is 0.341 e. The number of carbonyl (C=O) groups is 1. The number of rotatable bonds is 4. The highest BCUT2D eigenvalue weighted by Gasteiger charge is 2.21. The average Bonchev–Trinajstić information content (AvgIpc) is 2.24. The minimum Gasteiger partial charge on any atom is -0.341 e. The van der Waals surface area contributed by atoms with Gasteiger partial charge in [0.2, 0.25) is 0 Å². The van der Waals surface area contributed by atoms with E-state index < -0.39 is 28.9 Å². The van der Waals surface area contributed by atoms with Gasteiger partial charge in [-0.3, -0.25) is 4.79 Å². The molecule has 1 rings (SSSR count). The van der Waals surface area contributed by atoms with E-state index in [1.807, 2.05) is 0 Å². The number of nitrogens with two attached hydrogens (primary N) is 1. The van der Waals surface area contributed by atoms with Gasteiger partial charge < -0.3 is 10.6 Å². The number of hydrogen-bond donors (Lipinski definition) is 1. The number of benzene rings is 1. The standard InChI is InChI=1S/C11H13F3N2O/c1-16(4-2-3-15)11(17)10-8(13)5-7(12)6-9(10)14/h5-6H,2-4,15H2,1H3. The Bertz CT molecular complexity index is 400. The Kier molecular flexibility index (Phi) is 4.51. The summed E-state index contributed by atoms with van der Waals surface area (Å²) in [4.78, 5) is 12.8. The van der Waals surface area contributed by atoms with E-state index in [4.69, 9.17) is 5.73 Å². The molecule has 0 aliphatic heterocycles. The molecule has 0 atom stereocenters. The van der Waals surface area contributed by atoms with Crippen LogP contribution in [0.5, 0.6) is 0 Å². The topological polar surface area (TPSA) is 46.3 Å². The summed E-state index contributed by atoms with van der Waals surface area (Å²) in [5.41, 5.74) is 4.52. The Morgan fingerprint density at radius 2 is 1.82 bits per heavy atom. The predicted molar refractivity (Wildman–Crippen MR) is 56.9 cm³/mol. The Morgan fingerprint density at radius 1 is 1.29 bits per heavy atom. The van der Waals surface area contributed by atoms with E-state index in [0.717, 1.165) is 4.90 Å². The summed E-state index contributed by atoms with van der Waals surface area (Å²) >= 11 is 0. The monoisotopic (exact) mass is 246 g/mol. The van der Waals surface area contributed by atoms with E-state index in [1.165, 1.54) is 7.05 Å². The highest BCUT2D eigenvalue weighted by Crippen LogP contribution is 2.16. The fourth-order valence-electron chi connectivity index (χ4n) is 1.37. The molecule has 0 fully saturated rings. The van der Waals surface area contributed by atoms with Gasteiger partial charge in [-0.15, -0.1) is 0 Å². The number of halogens is 3. The Balaban J connectivity index is 2.96. The summed E-state index contributed by atoms with van der Waals surface area (Å²) in [6, 6.07) is 0.959. The lowest BCUT2D eigenvalue weighted by Crippen LogP contribution is -2.30. The number of amides is 1. The van der Waals surface area contributed by atoms with Crippen molar-refractivity contribution in [3.05, 3.63) is 35.1 Å². The molecule has 3 nitrogen and oxygen atoms in total. The molecular weight excluding hydrogens is 233 g/mol. The number of hydrogen-bond acceptors (Lipinski definition) is 2. The lowest BCUT2D eigenvalue weighted by atomic mass is 10.1. The molecule has 6 heteroatoms. The van der Waals surface area contributed by atoms with Crippen LogP contribution in [-0.2, 0) is 0 Å². The van der Waals surface area contributed by atoms with E-state index in [1.54, 1.807) is 0 Å². The smallest absolute Gasteiger partial charge is 0.259 e. The zero-order chi connectivity index (χ0) is 13.0. The SMILES string of the molecule is CN(CCCN)C(=O)c1c(F)cc(F)cc1F. The van der Waals surface area contributed by atoms with Crippen molar-refractivity contribution in [1.82, 2.24) is 4.90 Å². The highest BCUT2D eigenvalue weighted by molar-refractivity contribution is 5.94. The van der Waals surface area contributed by atoms with Crippen molar-refractivity contribution in [2.75, 3.05) is 20.1 Å². The van der Waals surface area contributed by atoms with Crippen molar-refractivity contribution in [3.8, 4) is 0 Å². The third-order valence-corrected chi connectivity index (χ3v) is 2.27. The molecule has 0 saturated carbocycles. The Hall–Kier alpha value is -1.56. The number of carbonyl (C=O) groups excluding carboxylic acids is 1. The fourth-order valence-corrected chi connectivity index (χ4v) is 1.37. The maximum absolute atomic E-state index is 13.3. The molecule has 0 aliphatic rings. The summed E-state index contributed by atoms with van der Waals surface area (Å²) in [6.07, 6.45) is 0.521. The van der Waals surface area contributed by atoms with Crippen molar-refractivity contribution in [2.45, 2.75) is 6.42 Å². The van der Waals surface area contributed by atoms with Crippen LogP contribution in [0.25, 0.3) is 0 Å². The average molecular weight is 246 g/mol. The minimum atomic E-state index is -1.20. The second kappa shape index (κ2) is 5.67. The van der Waals surface area contributed by atoms with E-state index in [0.29, 0.717) is 25.1 Å². The van der Waals surface area contributed by atoms with Crippen LogP contribution in [-0.4, -0.2) is 30.9 Å². The van der Waals surface area contributed by atoms with Crippen LogP contribution in [0.15, 0.2) is 12.1 Å². The summed E-state index contributed by atoms with van der Waals surface area (Å²) in [5.74, 6) is -4.28. The van der Waals surface area contributed by atoms with Gasteiger partial charge in [-0.2, -0.15) is 0 Å². The Labute approximate surface area is 97.0 Å². The zero-order valence-corrected chi connectivity index (χ0v) is 9.34. The first-order valence-corrected chi connectivity index (χ1v) is 5.07. The van der Waals surface area contributed by atoms with E-state index >= 15 is 0 Å². The van der Waals surface area contributed by atoms with Crippen LogP contribution in [0.3, 0.4) is 0 Å². The third-order valence-electron chi connectivity index (χ3n) is 2.27. The van der Waals surface area contributed by atoms with Gasteiger partial charge in [-0.1, -0.05) is 0 Å². The zero-order valence-electron chi connectivity index (χ0n) is 9.34. The van der Waals surface area contributed by atoms with Gasteiger partial charge in [0, 0.05) is 25.7 Å². The highest BCUT2D eigenvalue weighted by atomic mass is 19.1. The number of nitrogens with zero attached hydrogens (tertiary/aromatic N) is 1. The quantitative estimate of drug-likeness (QED) is 0.875. The molecule has 1 amide bonds. The van der Waals surface area contributed by atoms with Gasteiger partial charge in [-0.25, -0.2) is 13.2 Å². The third kappa shape index (κ3) is 3.20. The van der Waals surface area contributed by atoms with Gasteiger partial charge in [0.05, 0.1) is 0 Å². The van der Waals surface area contributed by atoms with Gasteiger partial charge in [0.25, 0.3) is 5.91 Å². The Morgan fingerprint density at radius 3 is 2.29 bits per heavy atom. The summed E-state index contributed by atoms with van der Waals surface area (Å²) in [7, 11) is 1.40. The molecule has 0 saturated heterocycles. The second-order valence-corrected chi connectivity index (χ2v) is 3.61. The van der Waals surface area contributed by atoms with Gasteiger partial charge >= 0.3 is 0 Å². The molecule has 94 valence electrons. The van der Waals surface area contributed by atoms with Crippen LogP contribution in [0.4, 0.5) is 13.2 Å². The lowest BCUT2D eigenvalue weighted by Gasteiger charge is -2.17. The van der Waals surface area contributed by atoms with Crippen molar-refractivity contribution in [2.24, 2.45) is 5.73 Å². The van der Waals surface area contributed by atoms with Crippen LogP contribution in [0.2, 0.25) is 0 Å². The minimum absolute atomic E-state index is 0.283. The maximum Gasteiger partial charge on any atom is 0.259 e. The molecule has 0 bridgehead atoms. The first kappa shape index (κ1) is 13.5. The molecule has 2 N–H and O–H groups in total. The molecule has 1 aromatic carbocycles. The molecule has 0 spiro atoms. The molecule has 0 aliphatic carbocycles. The molecule has 0 unspecified atom stereocenters. The summed E-state index contributed by atoms with van der Waals surface area (Å²) < 4.78 is 39.2. The van der Waals surface area contributed by atoms with Crippen molar-refractivity contribution in [3.63, 3.8) is 0 Å². The normalized spacial score (nSPS) is 10.4. The molecule has 0 radical (unpaired) electrons. The van der Waals surface area contributed by atoms with Gasteiger partial charge in [0.15, 0.2) is 0 Å². The van der Waals surface area contributed by atoms with Crippen LogP contribution < -0.4 is 5.73 Å². The summed E-state index contributed by atoms with van der Waals surface area (Å²) in [6.45, 7) is 0.650. The molecule has 0 heterocycles. The second-order valence-electron chi connectivity index (χ2n) is 3.61. The first-order valence-electron chi connectivity index (χ1n) is 5.07. The maximum atomic E-state index is 13.3. The van der Waals surface area contributed by atoms with Crippen LogP contribution in [0.1, 0.15) is 16.8 Å². The van der Waals surface area contributed by atoms with Crippen molar-refractivity contribution in [1.29, 1.82) is 0 Å². The predicted octanol–water partition coefficient (Wildman–Crippen LogP) is 1.52. The van der Waals surface area contributed by atoms with Crippen LogP contribution >= 0.6 is 0 Å². The molecule has 17 heavy (non-hydrogen) atoms. The molecule has 0 aromatic heterocycles. The van der Waals surface area contributed by atoms with Gasteiger partial charge in [-0.05, 0) is 13.0 Å². The van der Waals surface area contributed by atoms with Crippen molar-refractivity contribution >= 4 is 5.91 Å². The van der Waals surface area contributed by atoms with Gasteiger partial charge in [0.1, 0.15) is 23.0 Å². The lowest BCUT2D eigenvalue weighted by molar-refractivity contribution is 0.0784. The molecule has 1 aromatic rings. The van der Waals surface area contributed by atoms with Crippen molar-refractivity contribution < 1.29 is 18.0 Å². The first-order chi connectivity index (χ1) is 7.97. The fraction of sp³-hybridized carbons (Fsp3) is 0.364.